The second-order valence-corrected chi connectivity index (χ2v) is 6.16. The molecule has 0 aliphatic carbocycles. The number of nitrogens with zero attached hydrogens (tertiary/aromatic N) is 3. The Labute approximate surface area is 137 Å². The highest BCUT2D eigenvalue weighted by Gasteiger charge is 2.11. The fourth-order valence-corrected chi connectivity index (χ4v) is 2.58. The van der Waals surface area contributed by atoms with Crippen LogP contribution in [0.3, 0.4) is 0 Å². The summed E-state index contributed by atoms with van der Waals surface area (Å²) in [6, 6.07) is 11.7. The zero-order valence-corrected chi connectivity index (χ0v) is 14.3. The molecule has 0 amide bonds. The molecule has 0 aliphatic rings. The van der Waals surface area contributed by atoms with Crippen molar-refractivity contribution in [3.05, 3.63) is 57.4 Å². The highest BCUT2D eigenvalue weighted by molar-refractivity contribution is 5.62. The topological polar surface area (TPSA) is 49.0 Å². The van der Waals surface area contributed by atoms with Crippen molar-refractivity contribution < 1.29 is 0 Å². The Hall–Kier alpha value is -2.38. The van der Waals surface area contributed by atoms with Crippen molar-refractivity contribution in [2.75, 3.05) is 20.6 Å². The van der Waals surface area contributed by atoms with E-state index in [-0.39, 0.29) is 11.1 Å². The van der Waals surface area contributed by atoms with Crippen LogP contribution in [0.25, 0.3) is 11.3 Å². The molecule has 0 atom stereocenters. The van der Waals surface area contributed by atoms with E-state index in [0.29, 0.717) is 6.54 Å². The standard InChI is InChI=1S/C19H23N3O/c1-14-6-7-16(12-15(14)2)18-9-8-17(13-20)19(23)22(18)11-5-10-21(3)4/h6-9,12H,5,10-11H2,1-4H3. The van der Waals surface area contributed by atoms with Gasteiger partial charge in [-0.05, 0) is 75.8 Å². The van der Waals surface area contributed by atoms with E-state index in [1.54, 1.807) is 10.6 Å². The van der Waals surface area contributed by atoms with E-state index >= 15 is 0 Å². The van der Waals surface area contributed by atoms with Crippen molar-refractivity contribution in [3.63, 3.8) is 0 Å². The van der Waals surface area contributed by atoms with Crippen molar-refractivity contribution in [2.24, 2.45) is 0 Å². The van der Waals surface area contributed by atoms with Crippen molar-refractivity contribution in [1.82, 2.24) is 9.47 Å². The number of benzene rings is 1. The van der Waals surface area contributed by atoms with Gasteiger partial charge in [0.15, 0.2) is 0 Å². The van der Waals surface area contributed by atoms with Crippen LogP contribution < -0.4 is 5.56 Å². The molecule has 0 spiro atoms. The van der Waals surface area contributed by atoms with E-state index < -0.39 is 0 Å². The molecule has 4 nitrogen and oxygen atoms in total. The first-order valence-corrected chi connectivity index (χ1v) is 7.80. The molecule has 4 heteroatoms. The number of hydrogen-bond donors (Lipinski definition) is 0. The van der Waals surface area contributed by atoms with Crippen molar-refractivity contribution in [2.45, 2.75) is 26.8 Å². The predicted octanol–water partition coefficient (Wildman–Crippen LogP) is 2.96. The third-order valence-electron chi connectivity index (χ3n) is 4.08. The largest absolute Gasteiger partial charge is 0.309 e. The first-order valence-electron chi connectivity index (χ1n) is 7.80. The Kier molecular flexibility index (Phi) is 5.36. The Morgan fingerprint density at radius 3 is 2.48 bits per heavy atom. The van der Waals surface area contributed by atoms with Gasteiger partial charge in [0.2, 0.25) is 0 Å². The monoisotopic (exact) mass is 309 g/mol. The summed E-state index contributed by atoms with van der Waals surface area (Å²) in [5, 5.41) is 9.13. The average molecular weight is 309 g/mol. The molecular formula is C19H23N3O. The summed E-state index contributed by atoms with van der Waals surface area (Å²) in [7, 11) is 4.03. The number of rotatable bonds is 5. The van der Waals surface area contributed by atoms with E-state index in [2.05, 4.69) is 30.9 Å². The van der Waals surface area contributed by atoms with E-state index in [1.165, 1.54) is 11.1 Å². The second-order valence-electron chi connectivity index (χ2n) is 6.16. The lowest BCUT2D eigenvalue weighted by Crippen LogP contribution is -2.26. The van der Waals surface area contributed by atoms with Gasteiger partial charge < -0.3 is 9.47 Å². The lowest BCUT2D eigenvalue weighted by atomic mass is 10.0. The van der Waals surface area contributed by atoms with Gasteiger partial charge >= 0.3 is 0 Å². The molecule has 2 rings (SSSR count). The van der Waals surface area contributed by atoms with Crippen LogP contribution in [0.15, 0.2) is 35.1 Å². The normalized spacial score (nSPS) is 10.8. The van der Waals surface area contributed by atoms with Gasteiger partial charge in [0.05, 0.1) is 5.69 Å². The number of pyridine rings is 1. The van der Waals surface area contributed by atoms with Gasteiger partial charge in [-0.25, -0.2) is 0 Å². The molecule has 1 aromatic carbocycles. The number of aryl methyl sites for hydroxylation is 2. The molecule has 0 fully saturated rings. The molecule has 1 heterocycles. The maximum Gasteiger partial charge on any atom is 0.268 e. The lowest BCUT2D eigenvalue weighted by molar-refractivity contribution is 0.385. The summed E-state index contributed by atoms with van der Waals surface area (Å²) < 4.78 is 1.73. The maximum atomic E-state index is 12.5. The first kappa shape index (κ1) is 17.0. The zero-order valence-electron chi connectivity index (χ0n) is 14.3. The van der Waals surface area contributed by atoms with Gasteiger partial charge in [-0.1, -0.05) is 12.1 Å². The Bertz CT molecular complexity index is 797. The third-order valence-corrected chi connectivity index (χ3v) is 4.08. The number of nitriles is 1. The van der Waals surface area contributed by atoms with Crippen LogP contribution in [0.1, 0.15) is 23.1 Å². The minimum Gasteiger partial charge on any atom is -0.309 e. The summed E-state index contributed by atoms with van der Waals surface area (Å²) in [6.45, 7) is 5.64. The molecular weight excluding hydrogens is 286 g/mol. The van der Waals surface area contributed by atoms with Crippen LogP contribution in [0.4, 0.5) is 0 Å². The van der Waals surface area contributed by atoms with Crippen LogP contribution in [0, 0.1) is 25.2 Å². The van der Waals surface area contributed by atoms with Crippen LogP contribution in [0.2, 0.25) is 0 Å². The average Bonchev–Trinajstić information content (AvgIpc) is 2.51. The van der Waals surface area contributed by atoms with E-state index in [0.717, 1.165) is 24.2 Å². The Morgan fingerprint density at radius 2 is 1.87 bits per heavy atom. The molecule has 23 heavy (non-hydrogen) atoms. The lowest BCUT2D eigenvalue weighted by Gasteiger charge is -2.16. The fraction of sp³-hybridized carbons (Fsp3) is 0.368. The van der Waals surface area contributed by atoms with Crippen molar-refractivity contribution in [1.29, 1.82) is 5.26 Å². The molecule has 0 N–H and O–H groups in total. The van der Waals surface area contributed by atoms with Gasteiger partial charge in [-0.3, -0.25) is 4.79 Å². The van der Waals surface area contributed by atoms with Gasteiger partial charge in [0, 0.05) is 6.54 Å². The van der Waals surface area contributed by atoms with Gasteiger partial charge in [-0.15, -0.1) is 0 Å². The highest BCUT2D eigenvalue weighted by atomic mass is 16.1. The third kappa shape index (κ3) is 3.88. The molecule has 0 aliphatic heterocycles. The molecule has 0 bridgehead atoms. The van der Waals surface area contributed by atoms with E-state index in [9.17, 15) is 4.79 Å². The SMILES string of the molecule is Cc1ccc(-c2ccc(C#N)c(=O)n2CCCN(C)C)cc1C. The Morgan fingerprint density at radius 1 is 1.13 bits per heavy atom. The van der Waals surface area contributed by atoms with E-state index in [4.69, 9.17) is 5.26 Å². The minimum absolute atomic E-state index is 0.197. The smallest absolute Gasteiger partial charge is 0.268 e. The molecule has 0 unspecified atom stereocenters. The molecule has 0 saturated heterocycles. The van der Waals surface area contributed by atoms with Crippen molar-refractivity contribution in [3.8, 4) is 17.3 Å². The number of aromatic nitrogens is 1. The van der Waals surface area contributed by atoms with Gasteiger partial charge in [0.1, 0.15) is 11.6 Å². The highest BCUT2D eigenvalue weighted by Crippen LogP contribution is 2.22. The predicted molar refractivity (Wildman–Crippen MR) is 93.5 cm³/mol. The molecule has 120 valence electrons. The summed E-state index contributed by atoms with van der Waals surface area (Å²) in [5.41, 5.74) is 4.29. The maximum absolute atomic E-state index is 12.5. The van der Waals surface area contributed by atoms with Crippen molar-refractivity contribution >= 4 is 0 Å². The second kappa shape index (κ2) is 7.26. The zero-order chi connectivity index (χ0) is 17.0. The molecule has 2 aromatic rings. The van der Waals surface area contributed by atoms with E-state index in [1.807, 2.05) is 32.3 Å². The first-order chi connectivity index (χ1) is 10.9. The van der Waals surface area contributed by atoms with Crippen LogP contribution in [-0.2, 0) is 6.54 Å². The summed E-state index contributed by atoms with van der Waals surface area (Å²) >= 11 is 0. The summed E-state index contributed by atoms with van der Waals surface area (Å²) in [5.74, 6) is 0. The van der Waals surface area contributed by atoms with Crippen LogP contribution in [-0.4, -0.2) is 30.1 Å². The quantitative estimate of drug-likeness (QED) is 0.853. The van der Waals surface area contributed by atoms with Gasteiger partial charge in [0.25, 0.3) is 5.56 Å². The van der Waals surface area contributed by atoms with Gasteiger partial charge in [-0.2, -0.15) is 5.26 Å². The molecule has 0 saturated carbocycles. The number of hydrogen-bond acceptors (Lipinski definition) is 3. The van der Waals surface area contributed by atoms with Crippen LogP contribution in [0.5, 0.6) is 0 Å². The summed E-state index contributed by atoms with van der Waals surface area (Å²) in [6.07, 6.45) is 0.861. The Balaban J connectivity index is 2.49. The van der Waals surface area contributed by atoms with Crippen LogP contribution >= 0.6 is 0 Å². The summed E-state index contributed by atoms with van der Waals surface area (Å²) in [4.78, 5) is 14.6. The molecule has 1 aromatic heterocycles. The molecule has 0 radical (unpaired) electrons. The minimum atomic E-state index is -0.206. The fourth-order valence-electron chi connectivity index (χ4n) is 2.58.